The van der Waals surface area contributed by atoms with Crippen LogP contribution >= 0.6 is 11.3 Å². The Morgan fingerprint density at radius 3 is 1.64 bits per heavy atom. The molecule has 0 aliphatic heterocycles. The number of para-hydroxylation sites is 1. The van der Waals surface area contributed by atoms with E-state index in [1.807, 2.05) is 97.1 Å². The highest BCUT2D eigenvalue weighted by atomic mass is 32.1. The maximum absolute atomic E-state index is 6.12. The molecular weight excluding hydrogens is 707 g/mol. The van der Waals surface area contributed by atoms with Crippen LogP contribution in [0.2, 0.25) is 0 Å². The summed E-state index contributed by atoms with van der Waals surface area (Å²) >= 11 is 1.76. The summed E-state index contributed by atoms with van der Waals surface area (Å²) < 4.78 is 8.44. The minimum Gasteiger partial charge on any atom is -0.456 e. The molecule has 0 fully saturated rings. The van der Waals surface area contributed by atoms with Crippen LogP contribution in [0.5, 0.6) is 0 Å². The molecule has 11 aromatic rings. The van der Waals surface area contributed by atoms with Gasteiger partial charge in [-0.2, -0.15) is 0 Å². The molecule has 0 radical (unpaired) electrons. The van der Waals surface area contributed by atoms with Gasteiger partial charge < -0.3 is 4.42 Å². The van der Waals surface area contributed by atoms with Crippen LogP contribution < -0.4 is 0 Å². The quantitative estimate of drug-likeness (QED) is 0.169. The first kappa shape index (κ1) is 32.1. The Kier molecular flexibility index (Phi) is 7.57. The largest absolute Gasteiger partial charge is 0.456 e. The molecule has 7 aromatic carbocycles. The van der Waals surface area contributed by atoms with Crippen LogP contribution in [-0.2, 0) is 0 Å². The van der Waals surface area contributed by atoms with Crippen molar-refractivity contribution in [1.29, 1.82) is 0 Å². The van der Waals surface area contributed by atoms with Gasteiger partial charge in [-0.3, -0.25) is 0 Å². The highest BCUT2D eigenvalue weighted by molar-refractivity contribution is 7.26. The predicted molar refractivity (Wildman–Crippen MR) is 228 cm³/mol. The van der Waals surface area contributed by atoms with Crippen LogP contribution in [0.15, 0.2) is 180 Å². The summed E-state index contributed by atoms with van der Waals surface area (Å²) in [5, 5.41) is 4.41. The summed E-state index contributed by atoms with van der Waals surface area (Å²) in [5.74, 6) is 2.53. The lowest BCUT2D eigenvalue weighted by atomic mass is 10.0. The summed E-state index contributed by atoms with van der Waals surface area (Å²) in [6, 6.07) is 59.9. The Morgan fingerprint density at radius 2 is 0.911 bits per heavy atom. The molecule has 0 bridgehead atoms. The highest BCUT2D eigenvalue weighted by Crippen LogP contribution is 2.42. The minimum atomic E-state index is 0.604. The van der Waals surface area contributed by atoms with Crippen LogP contribution in [0.3, 0.4) is 0 Å². The SMILES string of the molecule is c1ccc(-c2cc(-c3cccc4sc5cc(-c6nc(-c7ccccc7)nc(-c7ccc8oc9ccccc9c8c7)n6)ccc5c34)nc(-c3ccccc3)n2)cc1. The fourth-order valence-corrected chi connectivity index (χ4v) is 8.62. The Morgan fingerprint density at radius 1 is 0.339 bits per heavy atom. The molecule has 0 aliphatic rings. The molecule has 0 unspecified atom stereocenters. The van der Waals surface area contributed by atoms with Gasteiger partial charge in [0.25, 0.3) is 0 Å². The van der Waals surface area contributed by atoms with Crippen molar-refractivity contribution in [1.82, 2.24) is 24.9 Å². The fourth-order valence-electron chi connectivity index (χ4n) is 7.45. The molecule has 0 N–H and O–H groups in total. The van der Waals surface area contributed by atoms with Gasteiger partial charge in [0.05, 0.1) is 11.4 Å². The van der Waals surface area contributed by atoms with E-state index in [9.17, 15) is 0 Å². The number of thiophene rings is 1. The third-order valence-corrected chi connectivity index (χ3v) is 11.3. The number of furan rings is 1. The molecule has 7 heteroatoms. The summed E-state index contributed by atoms with van der Waals surface area (Å²) in [4.78, 5) is 25.4. The van der Waals surface area contributed by atoms with E-state index < -0.39 is 0 Å². The summed E-state index contributed by atoms with van der Waals surface area (Å²) in [6.07, 6.45) is 0. The van der Waals surface area contributed by atoms with Gasteiger partial charge in [-0.15, -0.1) is 11.3 Å². The van der Waals surface area contributed by atoms with Crippen molar-refractivity contribution < 1.29 is 4.42 Å². The first-order valence-electron chi connectivity index (χ1n) is 18.4. The molecule has 56 heavy (non-hydrogen) atoms. The van der Waals surface area contributed by atoms with Crippen molar-refractivity contribution in [3.8, 4) is 68.1 Å². The molecule has 6 nitrogen and oxygen atoms in total. The highest BCUT2D eigenvalue weighted by Gasteiger charge is 2.18. The van der Waals surface area contributed by atoms with E-state index in [1.54, 1.807) is 11.3 Å². The zero-order valence-corrected chi connectivity index (χ0v) is 30.6. The molecular formula is C49H29N5OS. The summed E-state index contributed by atoms with van der Waals surface area (Å²) in [7, 11) is 0. The van der Waals surface area contributed by atoms with Crippen LogP contribution in [-0.4, -0.2) is 24.9 Å². The topological polar surface area (TPSA) is 77.6 Å². The number of rotatable bonds is 6. The van der Waals surface area contributed by atoms with Gasteiger partial charge in [0.15, 0.2) is 23.3 Å². The summed E-state index contributed by atoms with van der Waals surface area (Å²) in [5.41, 5.74) is 9.27. The number of hydrogen-bond donors (Lipinski definition) is 0. The lowest BCUT2D eigenvalue weighted by Gasteiger charge is -2.11. The first-order chi connectivity index (χ1) is 27.7. The molecule has 4 heterocycles. The zero-order chi connectivity index (χ0) is 37.0. The van der Waals surface area contributed by atoms with Crippen molar-refractivity contribution in [2.24, 2.45) is 0 Å². The van der Waals surface area contributed by atoms with E-state index in [0.717, 1.165) is 82.2 Å². The lowest BCUT2D eigenvalue weighted by Crippen LogP contribution is -2.00. The van der Waals surface area contributed by atoms with Crippen molar-refractivity contribution in [2.75, 3.05) is 0 Å². The van der Waals surface area contributed by atoms with Gasteiger partial charge in [-0.05, 0) is 42.5 Å². The normalized spacial score (nSPS) is 11.6. The molecule has 0 atom stereocenters. The van der Waals surface area contributed by atoms with E-state index in [1.165, 1.54) is 4.70 Å². The van der Waals surface area contributed by atoms with Gasteiger partial charge in [-0.25, -0.2) is 24.9 Å². The van der Waals surface area contributed by atoms with Crippen LogP contribution in [0, 0.1) is 0 Å². The van der Waals surface area contributed by atoms with Gasteiger partial charge in [0.2, 0.25) is 0 Å². The van der Waals surface area contributed by atoms with E-state index in [2.05, 4.69) is 78.9 Å². The number of aromatic nitrogens is 5. The second kappa shape index (κ2) is 13.2. The van der Waals surface area contributed by atoms with E-state index in [4.69, 9.17) is 29.3 Å². The monoisotopic (exact) mass is 735 g/mol. The van der Waals surface area contributed by atoms with Crippen LogP contribution in [0.4, 0.5) is 0 Å². The van der Waals surface area contributed by atoms with E-state index >= 15 is 0 Å². The third kappa shape index (κ3) is 5.61. The molecule has 0 saturated carbocycles. The van der Waals surface area contributed by atoms with Gasteiger partial charge >= 0.3 is 0 Å². The Hall–Kier alpha value is -7.35. The molecule has 11 rings (SSSR count). The molecule has 0 aliphatic carbocycles. The second-order valence-electron chi connectivity index (χ2n) is 13.7. The van der Waals surface area contributed by atoms with Crippen molar-refractivity contribution in [2.45, 2.75) is 0 Å². The second-order valence-corrected chi connectivity index (χ2v) is 14.8. The van der Waals surface area contributed by atoms with E-state index in [0.29, 0.717) is 23.3 Å². The van der Waals surface area contributed by atoms with Gasteiger partial charge in [-0.1, -0.05) is 133 Å². The predicted octanol–water partition coefficient (Wildman–Crippen LogP) is 12.9. The third-order valence-electron chi connectivity index (χ3n) is 10.2. The Labute approximate surface area is 325 Å². The summed E-state index contributed by atoms with van der Waals surface area (Å²) in [6.45, 7) is 0. The molecule has 4 aromatic heterocycles. The van der Waals surface area contributed by atoms with E-state index in [-0.39, 0.29) is 0 Å². The molecule has 262 valence electrons. The average molecular weight is 736 g/mol. The molecule has 0 amide bonds. The lowest BCUT2D eigenvalue weighted by molar-refractivity contribution is 0.669. The van der Waals surface area contributed by atoms with Crippen molar-refractivity contribution in [3.63, 3.8) is 0 Å². The Balaban J connectivity index is 1.06. The molecule has 0 spiro atoms. The van der Waals surface area contributed by atoms with Crippen molar-refractivity contribution in [3.05, 3.63) is 176 Å². The standard InChI is InChI=1S/C49H29N5OS/c1-4-13-30(14-5-1)39-29-40(51-46(50-39)31-15-6-2-7-16-31)36-20-12-22-43-45(36)37-25-23-34(28-44(37)56-43)49-53-47(32-17-8-3-9-18-32)52-48(54-49)33-24-26-42-38(27-33)35-19-10-11-21-41(35)55-42/h1-29H. The zero-order valence-electron chi connectivity index (χ0n) is 29.8. The van der Waals surface area contributed by atoms with Gasteiger partial charge in [0, 0.05) is 64.3 Å². The molecule has 0 saturated heterocycles. The number of fused-ring (bicyclic) bond motifs is 6. The van der Waals surface area contributed by atoms with Crippen LogP contribution in [0.1, 0.15) is 0 Å². The minimum absolute atomic E-state index is 0.604. The maximum Gasteiger partial charge on any atom is 0.164 e. The number of benzene rings is 7. The first-order valence-corrected chi connectivity index (χ1v) is 19.2. The fraction of sp³-hybridized carbons (Fsp3) is 0. The smallest absolute Gasteiger partial charge is 0.164 e. The van der Waals surface area contributed by atoms with Crippen molar-refractivity contribution >= 4 is 53.4 Å². The number of hydrogen-bond acceptors (Lipinski definition) is 7. The maximum atomic E-state index is 6.12. The Bertz CT molecular complexity index is 3190. The average Bonchev–Trinajstić information content (AvgIpc) is 3.85. The number of nitrogens with zero attached hydrogens (tertiary/aromatic N) is 5. The van der Waals surface area contributed by atoms with Crippen LogP contribution in [0.25, 0.3) is 110 Å². The van der Waals surface area contributed by atoms with Gasteiger partial charge in [0.1, 0.15) is 11.2 Å².